The van der Waals surface area contributed by atoms with E-state index in [0.717, 1.165) is 12.1 Å². The molecule has 0 fully saturated rings. The number of hydrogen-bond donors (Lipinski definition) is 4. The molecular formula is C21H19F4N7. The van der Waals surface area contributed by atoms with Crippen molar-refractivity contribution >= 4 is 22.9 Å². The smallest absolute Gasteiger partial charge is 0.399 e. The summed E-state index contributed by atoms with van der Waals surface area (Å²) in [6.45, 7) is 0. The van der Waals surface area contributed by atoms with Gasteiger partial charge in [-0.15, -0.1) is 0 Å². The van der Waals surface area contributed by atoms with Gasteiger partial charge in [0.15, 0.2) is 0 Å². The normalized spacial score (nSPS) is 18.6. The number of aliphatic imine (C=N–C) groups is 1. The first-order valence-electron chi connectivity index (χ1n) is 9.40. The lowest BCUT2D eigenvalue weighted by Crippen LogP contribution is -2.57. The summed E-state index contributed by atoms with van der Waals surface area (Å²) in [5.41, 5.74) is 11.5. The van der Waals surface area contributed by atoms with Gasteiger partial charge in [-0.05, 0) is 35.9 Å². The van der Waals surface area contributed by atoms with Crippen LogP contribution in [-0.2, 0) is 18.9 Å². The molecule has 7 nitrogen and oxygen atoms in total. The number of guanidine groups is 1. The van der Waals surface area contributed by atoms with E-state index in [0.29, 0.717) is 11.3 Å². The summed E-state index contributed by atoms with van der Waals surface area (Å²) in [5.74, 6) is -0.451. The molecule has 1 unspecified atom stereocenters. The fourth-order valence-electron chi connectivity index (χ4n) is 3.40. The summed E-state index contributed by atoms with van der Waals surface area (Å²) in [6, 6.07) is 8.31. The Morgan fingerprint density at radius 3 is 2.47 bits per heavy atom. The summed E-state index contributed by atoms with van der Waals surface area (Å²) in [7, 11) is 1.74. The average molecular weight is 445 g/mol. The quantitative estimate of drug-likeness (QED) is 0.365. The van der Waals surface area contributed by atoms with Gasteiger partial charge in [0.2, 0.25) is 5.96 Å². The zero-order valence-corrected chi connectivity index (χ0v) is 16.8. The van der Waals surface area contributed by atoms with E-state index in [-0.39, 0.29) is 22.8 Å². The number of halogens is 4. The molecule has 1 aromatic heterocycles. The van der Waals surface area contributed by atoms with Crippen molar-refractivity contribution in [3.63, 3.8) is 0 Å². The molecule has 0 aliphatic carbocycles. The van der Waals surface area contributed by atoms with Gasteiger partial charge < -0.3 is 22.1 Å². The molecule has 0 spiro atoms. The van der Waals surface area contributed by atoms with Crippen molar-refractivity contribution in [2.45, 2.75) is 11.8 Å². The third-order valence-corrected chi connectivity index (χ3v) is 4.97. The number of nitrogens with two attached hydrogens (primary N) is 2. The van der Waals surface area contributed by atoms with Crippen LogP contribution in [0.1, 0.15) is 16.7 Å². The molecule has 0 bridgehead atoms. The van der Waals surface area contributed by atoms with Crippen LogP contribution in [0.3, 0.4) is 0 Å². The number of nitrogens with zero attached hydrogens (tertiary/aromatic N) is 3. The van der Waals surface area contributed by atoms with Gasteiger partial charge in [-0.25, -0.2) is 9.38 Å². The third-order valence-electron chi connectivity index (χ3n) is 4.97. The summed E-state index contributed by atoms with van der Waals surface area (Å²) >= 11 is 0. The average Bonchev–Trinajstić information content (AvgIpc) is 3.14. The second-order valence-corrected chi connectivity index (χ2v) is 7.30. The van der Waals surface area contributed by atoms with Gasteiger partial charge in [0, 0.05) is 36.3 Å². The van der Waals surface area contributed by atoms with E-state index in [1.807, 2.05) is 0 Å². The molecular weight excluding hydrogens is 426 g/mol. The Bertz CT molecular complexity index is 1210. The summed E-state index contributed by atoms with van der Waals surface area (Å²) < 4.78 is 55.4. The molecule has 0 radical (unpaired) electrons. The number of alkyl halides is 3. The zero-order valence-electron chi connectivity index (χ0n) is 16.8. The van der Waals surface area contributed by atoms with Gasteiger partial charge in [0.25, 0.3) is 0 Å². The van der Waals surface area contributed by atoms with Crippen LogP contribution in [-0.4, -0.2) is 15.7 Å². The molecule has 1 aliphatic heterocycles. The Morgan fingerprint density at radius 2 is 1.84 bits per heavy atom. The Balaban J connectivity index is 1.80. The van der Waals surface area contributed by atoms with Crippen molar-refractivity contribution < 1.29 is 17.6 Å². The summed E-state index contributed by atoms with van der Waals surface area (Å²) in [5, 5.41) is 10.00. The molecule has 1 atom stereocenters. The second-order valence-electron chi connectivity index (χ2n) is 7.30. The number of anilines is 2. The van der Waals surface area contributed by atoms with E-state index in [9.17, 15) is 17.6 Å². The Hall–Kier alpha value is -3.86. The lowest BCUT2D eigenvalue weighted by molar-refractivity contribution is -0.137. The molecule has 1 aliphatic rings. The lowest BCUT2D eigenvalue weighted by atomic mass is 9.86. The molecule has 32 heavy (non-hydrogen) atoms. The van der Waals surface area contributed by atoms with Gasteiger partial charge in [0.05, 0.1) is 17.4 Å². The van der Waals surface area contributed by atoms with Crippen molar-refractivity contribution in [2.24, 2.45) is 17.8 Å². The summed E-state index contributed by atoms with van der Waals surface area (Å²) in [4.78, 5) is 4.28. The first kappa shape index (κ1) is 21.4. The maximum atomic E-state index is 14.8. The number of nitrogen functional groups attached to an aromatic ring is 1. The molecule has 0 saturated heterocycles. The predicted octanol–water partition coefficient (Wildman–Crippen LogP) is 3.38. The van der Waals surface area contributed by atoms with E-state index < -0.39 is 23.2 Å². The minimum Gasteiger partial charge on any atom is -0.399 e. The molecule has 166 valence electrons. The highest BCUT2D eigenvalue weighted by molar-refractivity contribution is 5.98. The fourth-order valence-corrected chi connectivity index (χ4v) is 3.40. The maximum Gasteiger partial charge on any atom is 0.416 e. The highest BCUT2D eigenvalue weighted by atomic mass is 19.4. The van der Waals surface area contributed by atoms with Crippen LogP contribution in [0, 0.1) is 5.82 Å². The molecule has 6 N–H and O–H groups in total. The van der Waals surface area contributed by atoms with Gasteiger partial charge in [0.1, 0.15) is 11.5 Å². The van der Waals surface area contributed by atoms with Crippen LogP contribution < -0.4 is 22.1 Å². The van der Waals surface area contributed by atoms with Crippen LogP contribution in [0.5, 0.6) is 0 Å². The van der Waals surface area contributed by atoms with E-state index >= 15 is 0 Å². The van der Waals surface area contributed by atoms with Crippen molar-refractivity contribution in [1.29, 1.82) is 0 Å². The van der Waals surface area contributed by atoms with Crippen LogP contribution in [0.15, 0.2) is 66.1 Å². The molecule has 0 saturated carbocycles. The van der Waals surface area contributed by atoms with Gasteiger partial charge in [-0.3, -0.25) is 4.68 Å². The standard InChI is InChI=1S/C21H19F4N7/c1-32-11-15(9-29-32)30-19-28-10-17(12-2-4-13(5-3-12)21(23,24)25)20(27,31-19)16-8-14(26)6-7-18(16)22/h2-11H,26-27H2,1H3,(H2,28,30,31). The number of hydrogen-bond acceptors (Lipinski definition) is 6. The van der Waals surface area contributed by atoms with E-state index in [4.69, 9.17) is 11.5 Å². The van der Waals surface area contributed by atoms with Crippen LogP contribution in [0.2, 0.25) is 0 Å². The van der Waals surface area contributed by atoms with Crippen LogP contribution in [0.25, 0.3) is 5.57 Å². The highest BCUT2D eigenvalue weighted by Gasteiger charge is 2.39. The van der Waals surface area contributed by atoms with Gasteiger partial charge >= 0.3 is 6.18 Å². The number of rotatable bonds is 3. The first-order chi connectivity index (χ1) is 15.1. The van der Waals surface area contributed by atoms with Crippen LogP contribution >= 0.6 is 0 Å². The van der Waals surface area contributed by atoms with E-state index in [2.05, 4.69) is 20.7 Å². The highest BCUT2D eigenvalue weighted by Crippen LogP contribution is 2.37. The van der Waals surface area contributed by atoms with E-state index in [1.165, 1.54) is 36.5 Å². The van der Waals surface area contributed by atoms with Crippen molar-refractivity contribution in [1.82, 2.24) is 15.1 Å². The largest absolute Gasteiger partial charge is 0.416 e. The number of aromatic nitrogens is 2. The molecule has 2 heterocycles. The predicted molar refractivity (Wildman–Crippen MR) is 114 cm³/mol. The second kappa shape index (κ2) is 7.68. The third kappa shape index (κ3) is 4.02. The Morgan fingerprint density at radius 1 is 1.12 bits per heavy atom. The molecule has 11 heteroatoms. The van der Waals surface area contributed by atoms with E-state index in [1.54, 1.807) is 24.1 Å². The molecule has 4 rings (SSSR count). The maximum absolute atomic E-state index is 14.8. The molecule has 3 aromatic rings. The van der Waals surface area contributed by atoms with Crippen molar-refractivity contribution in [2.75, 3.05) is 11.1 Å². The fraction of sp³-hybridized carbons (Fsp3) is 0.143. The van der Waals surface area contributed by atoms with Gasteiger partial charge in [-0.1, -0.05) is 12.1 Å². The number of benzene rings is 2. The SMILES string of the molecule is Cn1cc(NC2=NC=C(c3ccc(C(F)(F)F)cc3)C(N)(c3cc(N)ccc3F)N2)cn1. The zero-order chi connectivity index (χ0) is 23.1. The summed E-state index contributed by atoms with van der Waals surface area (Å²) in [6.07, 6.45) is 0.133. The molecule has 2 aromatic carbocycles. The van der Waals surface area contributed by atoms with Crippen molar-refractivity contribution in [3.05, 3.63) is 83.6 Å². The lowest BCUT2D eigenvalue weighted by Gasteiger charge is -2.37. The Labute approximate surface area is 180 Å². The number of aryl methyl sites for hydroxylation is 1. The Kier molecular flexibility index (Phi) is 5.13. The van der Waals surface area contributed by atoms with Gasteiger partial charge in [-0.2, -0.15) is 18.3 Å². The minimum atomic E-state index is -4.49. The number of nitrogens with one attached hydrogen (secondary N) is 2. The monoisotopic (exact) mass is 445 g/mol. The first-order valence-corrected chi connectivity index (χ1v) is 9.40. The van der Waals surface area contributed by atoms with Crippen LogP contribution in [0.4, 0.5) is 28.9 Å². The molecule has 0 amide bonds. The topological polar surface area (TPSA) is 106 Å². The van der Waals surface area contributed by atoms with Crippen molar-refractivity contribution in [3.8, 4) is 0 Å². The minimum absolute atomic E-state index is 0.00374.